The van der Waals surface area contributed by atoms with E-state index in [1.54, 1.807) is 24.3 Å². The average molecular weight is 353 g/mol. The number of amides is 1. The van der Waals surface area contributed by atoms with Gasteiger partial charge in [-0.15, -0.1) is 0 Å². The van der Waals surface area contributed by atoms with Gasteiger partial charge in [0.05, 0.1) is 0 Å². The summed E-state index contributed by atoms with van der Waals surface area (Å²) in [6.07, 6.45) is 2.68. The molecule has 21 heavy (non-hydrogen) atoms. The average Bonchev–Trinajstić information content (AvgIpc) is 2.40. The summed E-state index contributed by atoms with van der Waals surface area (Å²) in [4.78, 5) is 11.7. The van der Waals surface area contributed by atoms with E-state index in [0.717, 1.165) is 12.1 Å². The summed E-state index contributed by atoms with van der Waals surface area (Å²) in [5, 5.41) is 2.16. The lowest BCUT2D eigenvalue weighted by atomic mass is 10.2. The van der Waals surface area contributed by atoms with Gasteiger partial charge < -0.3 is 11.1 Å². The van der Waals surface area contributed by atoms with Crippen LogP contribution >= 0.6 is 15.9 Å². The molecule has 1 amide bonds. The maximum atomic E-state index is 13.6. The van der Waals surface area contributed by atoms with Gasteiger partial charge >= 0.3 is 0 Å². The second-order valence-corrected chi connectivity index (χ2v) is 5.15. The van der Waals surface area contributed by atoms with E-state index in [1.807, 2.05) is 0 Å². The Morgan fingerprint density at radius 3 is 2.48 bits per heavy atom. The third-order valence-electron chi connectivity index (χ3n) is 2.59. The minimum absolute atomic E-state index is 0.255. The second kappa shape index (κ2) is 6.49. The van der Waals surface area contributed by atoms with Crippen molar-refractivity contribution in [3.63, 3.8) is 0 Å². The molecule has 3 N–H and O–H groups in total. The first-order valence-electron chi connectivity index (χ1n) is 5.95. The summed E-state index contributed by atoms with van der Waals surface area (Å²) in [7, 11) is 0. The number of hydrogen-bond donors (Lipinski definition) is 2. The predicted molar refractivity (Wildman–Crippen MR) is 82.6 cm³/mol. The quantitative estimate of drug-likeness (QED) is 0.648. The first-order valence-corrected chi connectivity index (χ1v) is 6.74. The van der Waals surface area contributed by atoms with Crippen LogP contribution in [0.4, 0.5) is 20.2 Å². The van der Waals surface area contributed by atoms with Crippen LogP contribution in [-0.2, 0) is 4.79 Å². The van der Waals surface area contributed by atoms with Crippen molar-refractivity contribution in [2.45, 2.75) is 0 Å². The molecule has 6 heteroatoms. The van der Waals surface area contributed by atoms with Crippen molar-refractivity contribution in [1.29, 1.82) is 0 Å². The molecule has 3 nitrogen and oxygen atoms in total. The van der Waals surface area contributed by atoms with Crippen LogP contribution in [-0.4, -0.2) is 5.91 Å². The van der Waals surface area contributed by atoms with Gasteiger partial charge in [0.25, 0.3) is 0 Å². The Labute approximate surface area is 128 Å². The van der Waals surface area contributed by atoms with Crippen LogP contribution in [0, 0.1) is 11.6 Å². The van der Waals surface area contributed by atoms with E-state index in [2.05, 4.69) is 21.2 Å². The maximum Gasteiger partial charge on any atom is 0.248 e. The Morgan fingerprint density at radius 2 is 1.86 bits per heavy atom. The van der Waals surface area contributed by atoms with Gasteiger partial charge in [-0.1, -0.05) is 28.1 Å². The summed E-state index contributed by atoms with van der Waals surface area (Å²) in [6, 6.07) is 9.01. The van der Waals surface area contributed by atoms with Crippen LogP contribution in [0.25, 0.3) is 6.08 Å². The molecule has 0 saturated heterocycles. The van der Waals surface area contributed by atoms with E-state index in [1.165, 1.54) is 12.2 Å². The summed E-state index contributed by atoms with van der Waals surface area (Å²) >= 11 is 2.96. The van der Waals surface area contributed by atoms with E-state index in [-0.39, 0.29) is 4.47 Å². The lowest BCUT2D eigenvalue weighted by molar-refractivity contribution is -0.111. The van der Waals surface area contributed by atoms with Gasteiger partial charge in [-0.2, -0.15) is 0 Å². The smallest absolute Gasteiger partial charge is 0.248 e. The molecule has 0 fully saturated rings. The van der Waals surface area contributed by atoms with Crippen LogP contribution < -0.4 is 11.1 Å². The Kier molecular flexibility index (Phi) is 4.70. The molecule has 0 radical (unpaired) electrons. The summed E-state index contributed by atoms with van der Waals surface area (Å²) < 4.78 is 27.4. The molecule has 0 aliphatic carbocycles. The predicted octanol–water partition coefficient (Wildman–Crippen LogP) is 3.96. The monoisotopic (exact) mass is 352 g/mol. The molecule has 0 heterocycles. The van der Waals surface area contributed by atoms with Gasteiger partial charge in [0, 0.05) is 16.2 Å². The molecule has 0 unspecified atom stereocenters. The molecule has 0 atom stereocenters. The van der Waals surface area contributed by atoms with Gasteiger partial charge in [-0.3, -0.25) is 4.79 Å². The number of carbonyl (C=O) groups is 1. The van der Waals surface area contributed by atoms with Crippen LogP contribution in [0.5, 0.6) is 0 Å². The van der Waals surface area contributed by atoms with Crippen molar-refractivity contribution in [2.75, 3.05) is 11.1 Å². The molecule has 2 rings (SSSR count). The Hall–Kier alpha value is -2.21. The minimum atomic E-state index is -0.854. The van der Waals surface area contributed by atoms with Gasteiger partial charge in [0.15, 0.2) is 11.6 Å². The molecular weight excluding hydrogens is 342 g/mol. The molecule has 0 aliphatic rings. The third-order valence-corrected chi connectivity index (χ3v) is 3.05. The van der Waals surface area contributed by atoms with Crippen LogP contribution in [0.15, 0.2) is 46.9 Å². The van der Waals surface area contributed by atoms with Crippen molar-refractivity contribution >= 4 is 39.3 Å². The Balaban J connectivity index is 2.12. The SMILES string of the molecule is Nc1cccc(/C=C/C(=O)Nc2c(F)cc(Br)cc2F)c1. The first-order chi connectivity index (χ1) is 9.95. The van der Waals surface area contributed by atoms with Crippen LogP contribution in [0.3, 0.4) is 0 Å². The number of halogens is 3. The molecule has 2 aromatic carbocycles. The molecule has 0 aliphatic heterocycles. The zero-order valence-electron chi connectivity index (χ0n) is 10.7. The normalized spacial score (nSPS) is 10.8. The van der Waals surface area contributed by atoms with Gasteiger partial charge in [-0.25, -0.2) is 8.78 Å². The van der Waals surface area contributed by atoms with Crippen molar-refractivity contribution < 1.29 is 13.6 Å². The van der Waals surface area contributed by atoms with E-state index < -0.39 is 23.2 Å². The van der Waals surface area contributed by atoms with Crippen LogP contribution in [0.1, 0.15) is 5.56 Å². The van der Waals surface area contributed by atoms with E-state index in [4.69, 9.17) is 5.73 Å². The number of rotatable bonds is 3. The Morgan fingerprint density at radius 1 is 1.19 bits per heavy atom. The zero-order chi connectivity index (χ0) is 15.4. The zero-order valence-corrected chi connectivity index (χ0v) is 12.3. The molecular formula is C15H11BrF2N2O. The van der Waals surface area contributed by atoms with Gasteiger partial charge in [0.1, 0.15) is 5.69 Å². The minimum Gasteiger partial charge on any atom is -0.399 e. The van der Waals surface area contributed by atoms with Crippen molar-refractivity contribution in [2.24, 2.45) is 0 Å². The van der Waals surface area contributed by atoms with Gasteiger partial charge in [0.2, 0.25) is 5.91 Å². The van der Waals surface area contributed by atoms with Crippen LogP contribution in [0.2, 0.25) is 0 Å². The second-order valence-electron chi connectivity index (χ2n) is 4.24. The number of carbonyl (C=O) groups excluding carboxylic acids is 1. The number of hydrogen-bond acceptors (Lipinski definition) is 2. The van der Waals surface area contributed by atoms with Gasteiger partial charge in [-0.05, 0) is 35.9 Å². The first kappa shape index (κ1) is 15.2. The highest BCUT2D eigenvalue weighted by molar-refractivity contribution is 9.10. The fourth-order valence-electron chi connectivity index (χ4n) is 1.66. The molecule has 2 aromatic rings. The highest BCUT2D eigenvalue weighted by Gasteiger charge is 2.12. The number of nitrogens with two attached hydrogens (primary N) is 1. The largest absolute Gasteiger partial charge is 0.399 e. The summed E-state index contributed by atoms with van der Waals surface area (Å²) in [5.74, 6) is -2.35. The molecule has 0 bridgehead atoms. The molecule has 0 aromatic heterocycles. The van der Waals surface area contributed by atoms with E-state index in [9.17, 15) is 13.6 Å². The molecule has 108 valence electrons. The lowest BCUT2D eigenvalue weighted by Gasteiger charge is -2.06. The maximum absolute atomic E-state index is 13.6. The fourth-order valence-corrected chi connectivity index (χ4v) is 2.06. The molecule has 0 spiro atoms. The standard InChI is InChI=1S/C15H11BrF2N2O/c16-10-7-12(17)15(13(18)8-10)20-14(21)5-4-9-2-1-3-11(19)6-9/h1-8H,19H2,(H,20,21)/b5-4+. The fraction of sp³-hybridized carbons (Fsp3) is 0. The van der Waals surface area contributed by atoms with E-state index in [0.29, 0.717) is 11.3 Å². The highest BCUT2D eigenvalue weighted by Crippen LogP contribution is 2.23. The van der Waals surface area contributed by atoms with Crippen molar-refractivity contribution in [3.8, 4) is 0 Å². The summed E-state index contributed by atoms with van der Waals surface area (Å²) in [6.45, 7) is 0. The number of nitrogen functional groups attached to an aromatic ring is 1. The lowest BCUT2D eigenvalue weighted by Crippen LogP contribution is -2.11. The number of benzene rings is 2. The molecule has 0 saturated carbocycles. The topological polar surface area (TPSA) is 55.1 Å². The summed E-state index contributed by atoms with van der Waals surface area (Å²) in [5.41, 5.74) is 6.39. The Bertz CT molecular complexity index is 694. The van der Waals surface area contributed by atoms with E-state index >= 15 is 0 Å². The highest BCUT2D eigenvalue weighted by atomic mass is 79.9. The third kappa shape index (κ3) is 4.13. The number of nitrogens with one attached hydrogen (secondary N) is 1. The number of anilines is 2. The van der Waals surface area contributed by atoms with Crippen molar-refractivity contribution in [1.82, 2.24) is 0 Å². The van der Waals surface area contributed by atoms with Crippen molar-refractivity contribution in [3.05, 3.63) is 64.1 Å².